The Morgan fingerprint density at radius 2 is 2.00 bits per heavy atom. The highest BCUT2D eigenvalue weighted by atomic mass is 16.4. The van der Waals surface area contributed by atoms with Crippen LogP contribution in [0, 0.1) is 5.41 Å². The number of hydrogen-bond acceptors (Lipinski definition) is 3. The van der Waals surface area contributed by atoms with Crippen molar-refractivity contribution in [2.75, 3.05) is 0 Å². The minimum Gasteiger partial charge on any atom is -0.479 e. The number of nitrogens with one attached hydrogen (secondary N) is 1. The standard InChI is InChI=1S/C16H17N3O3/c20-14(21)13(12-5-2-1-3-6-12)18-15(22)16(7-8-16)11-19-10-4-9-17-19/h1-6,9-10,13H,7-8,11H2,(H,18,22)(H,20,21)/t13-/m0/s1. The number of aliphatic carboxylic acids is 1. The summed E-state index contributed by atoms with van der Waals surface area (Å²) in [5.41, 5.74) is 0.0346. The fourth-order valence-corrected chi connectivity index (χ4v) is 2.53. The van der Waals surface area contributed by atoms with Gasteiger partial charge in [-0.2, -0.15) is 5.10 Å². The van der Waals surface area contributed by atoms with Crippen molar-refractivity contribution in [2.24, 2.45) is 5.41 Å². The van der Waals surface area contributed by atoms with Crippen LogP contribution >= 0.6 is 0 Å². The van der Waals surface area contributed by atoms with Gasteiger partial charge in [0.1, 0.15) is 0 Å². The summed E-state index contributed by atoms with van der Waals surface area (Å²) in [5, 5.41) is 16.2. The van der Waals surface area contributed by atoms with E-state index in [2.05, 4.69) is 10.4 Å². The summed E-state index contributed by atoms with van der Waals surface area (Å²) in [6, 6.07) is 9.51. The Kier molecular flexibility index (Phi) is 3.66. The molecule has 3 rings (SSSR count). The van der Waals surface area contributed by atoms with Gasteiger partial charge in [0.2, 0.25) is 5.91 Å². The normalized spacial score (nSPS) is 16.7. The van der Waals surface area contributed by atoms with Gasteiger partial charge in [-0.25, -0.2) is 4.79 Å². The third-order valence-electron chi connectivity index (χ3n) is 4.01. The molecule has 6 heteroatoms. The summed E-state index contributed by atoms with van der Waals surface area (Å²) >= 11 is 0. The van der Waals surface area contributed by atoms with Crippen molar-refractivity contribution < 1.29 is 14.7 Å². The van der Waals surface area contributed by atoms with Gasteiger partial charge >= 0.3 is 5.97 Å². The quantitative estimate of drug-likeness (QED) is 0.848. The zero-order valence-corrected chi connectivity index (χ0v) is 12.0. The van der Waals surface area contributed by atoms with Crippen LogP contribution in [0.15, 0.2) is 48.8 Å². The average molecular weight is 299 g/mol. The number of aromatic nitrogens is 2. The van der Waals surface area contributed by atoms with Gasteiger partial charge in [-0.3, -0.25) is 9.48 Å². The van der Waals surface area contributed by atoms with Crippen LogP contribution in [0.25, 0.3) is 0 Å². The van der Waals surface area contributed by atoms with E-state index in [-0.39, 0.29) is 5.91 Å². The molecule has 1 heterocycles. The van der Waals surface area contributed by atoms with E-state index in [1.165, 1.54) is 0 Å². The largest absolute Gasteiger partial charge is 0.479 e. The smallest absolute Gasteiger partial charge is 0.330 e. The Morgan fingerprint density at radius 1 is 1.27 bits per heavy atom. The van der Waals surface area contributed by atoms with Crippen LogP contribution in [0.1, 0.15) is 24.4 Å². The summed E-state index contributed by atoms with van der Waals surface area (Å²) in [7, 11) is 0. The SMILES string of the molecule is O=C(O)[C@@H](NC(=O)C1(Cn2cccn2)CC1)c1ccccc1. The van der Waals surface area contributed by atoms with Crippen molar-refractivity contribution >= 4 is 11.9 Å². The molecule has 2 aromatic rings. The first-order valence-corrected chi connectivity index (χ1v) is 7.17. The first kappa shape index (κ1) is 14.3. The topological polar surface area (TPSA) is 84.2 Å². The third-order valence-corrected chi connectivity index (χ3v) is 4.01. The number of carbonyl (C=O) groups excluding carboxylic acids is 1. The molecule has 1 fully saturated rings. The number of carboxylic acid groups (broad SMARTS) is 1. The van der Waals surface area contributed by atoms with E-state index in [0.717, 1.165) is 12.8 Å². The van der Waals surface area contributed by atoms with E-state index in [0.29, 0.717) is 12.1 Å². The molecule has 0 bridgehead atoms. The van der Waals surface area contributed by atoms with Gasteiger partial charge in [-0.15, -0.1) is 0 Å². The third kappa shape index (κ3) is 2.86. The Bertz CT molecular complexity index is 663. The lowest BCUT2D eigenvalue weighted by Gasteiger charge is -2.20. The van der Waals surface area contributed by atoms with Crippen molar-refractivity contribution in [3.05, 3.63) is 54.4 Å². The summed E-state index contributed by atoms with van der Waals surface area (Å²) < 4.78 is 1.71. The molecular weight excluding hydrogens is 282 g/mol. The monoisotopic (exact) mass is 299 g/mol. The first-order chi connectivity index (χ1) is 10.6. The van der Waals surface area contributed by atoms with E-state index in [1.807, 2.05) is 6.07 Å². The van der Waals surface area contributed by atoms with Gasteiger partial charge < -0.3 is 10.4 Å². The molecule has 1 aromatic heterocycles. The van der Waals surface area contributed by atoms with Gasteiger partial charge in [0, 0.05) is 12.4 Å². The molecular formula is C16H17N3O3. The number of amides is 1. The van der Waals surface area contributed by atoms with E-state index in [1.54, 1.807) is 47.4 Å². The number of benzene rings is 1. The second-order valence-electron chi connectivity index (χ2n) is 5.64. The number of rotatable bonds is 6. The maximum atomic E-state index is 12.5. The highest BCUT2D eigenvalue weighted by Crippen LogP contribution is 2.47. The molecule has 0 aliphatic heterocycles. The molecule has 114 valence electrons. The molecule has 2 N–H and O–H groups in total. The van der Waals surface area contributed by atoms with Crippen LogP contribution in [0.2, 0.25) is 0 Å². The molecule has 1 amide bonds. The van der Waals surface area contributed by atoms with Crippen LogP contribution in [-0.2, 0) is 16.1 Å². The van der Waals surface area contributed by atoms with Crippen molar-refractivity contribution in [1.82, 2.24) is 15.1 Å². The molecule has 0 spiro atoms. The molecule has 22 heavy (non-hydrogen) atoms. The molecule has 6 nitrogen and oxygen atoms in total. The Labute approximate surface area is 127 Å². The van der Waals surface area contributed by atoms with E-state index < -0.39 is 17.4 Å². The van der Waals surface area contributed by atoms with Crippen LogP contribution in [0.5, 0.6) is 0 Å². The number of hydrogen-bond donors (Lipinski definition) is 2. The lowest BCUT2D eigenvalue weighted by Crippen LogP contribution is -2.40. The molecule has 0 unspecified atom stereocenters. The lowest BCUT2D eigenvalue weighted by molar-refractivity contribution is -0.143. The van der Waals surface area contributed by atoms with Crippen LogP contribution in [0.4, 0.5) is 0 Å². The molecule has 1 saturated carbocycles. The zero-order chi connectivity index (χ0) is 15.6. The number of nitrogens with zero attached hydrogens (tertiary/aromatic N) is 2. The molecule has 1 aliphatic carbocycles. The molecule has 0 radical (unpaired) electrons. The number of carboxylic acids is 1. The van der Waals surface area contributed by atoms with E-state index in [9.17, 15) is 14.7 Å². The Morgan fingerprint density at radius 3 is 2.55 bits per heavy atom. The minimum absolute atomic E-state index is 0.223. The van der Waals surface area contributed by atoms with E-state index in [4.69, 9.17) is 0 Å². The van der Waals surface area contributed by atoms with Crippen LogP contribution < -0.4 is 5.32 Å². The van der Waals surface area contributed by atoms with Crippen molar-refractivity contribution in [3.63, 3.8) is 0 Å². The summed E-state index contributed by atoms with van der Waals surface area (Å²) in [6.07, 6.45) is 4.97. The van der Waals surface area contributed by atoms with Gasteiger partial charge in [-0.1, -0.05) is 30.3 Å². The molecule has 1 aliphatic rings. The van der Waals surface area contributed by atoms with Crippen LogP contribution in [0.3, 0.4) is 0 Å². The van der Waals surface area contributed by atoms with Crippen LogP contribution in [-0.4, -0.2) is 26.8 Å². The lowest BCUT2D eigenvalue weighted by atomic mass is 10.0. The Hall–Kier alpha value is -2.63. The highest BCUT2D eigenvalue weighted by molar-refractivity contribution is 5.89. The maximum absolute atomic E-state index is 12.5. The van der Waals surface area contributed by atoms with Gasteiger partial charge in [0.15, 0.2) is 6.04 Å². The summed E-state index contributed by atoms with van der Waals surface area (Å²) in [6.45, 7) is 0.479. The predicted molar refractivity (Wildman–Crippen MR) is 78.9 cm³/mol. The summed E-state index contributed by atoms with van der Waals surface area (Å²) in [4.78, 5) is 24.0. The average Bonchev–Trinajstić information content (AvgIpc) is 3.12. The second-order valence-corrected chi connectivity index (χ2v) is 5.64. The minimum atomic E-state index is -1.06. The van der Waals surface area contributed by atoms with Gasteiger partial charge in [0.05, 0.1) is 12.0 Å². The first-order valence-electron chi connectivity index (χ1n) is 7.17. The fraction of sp³-hybridized carbons (Fsp3) is 0.312. The van der Waals surface area contributed by atoms with Crippen molar-refractivity contribution in [2.45, 2.75) is 25.4 Å². The van der Waals surface area contributed by atoms with Gasteiger partial charge in [0.25, 0.3) is 0 Å². The second kappa shape index (κ2) is 5.63. The van der Waals surface area contributed by atoms with Gasteiger partial charge in [-0.05, 0) is 24.5 Å². The molecule has 0 saturated heterocycles. The highest BCUT2D eigenvalue weighted by Gasteiger charge is 2.51. The Balaban J connectivity index is 1.73. The maximum Gasteiger partial charge on any atom is 0.330 e. The summed E-state index contributed by atoms with van der Waals surface area (Å²) in [5.74, 6) is -1.28. The fourth-order valence-electron chi connectivity index (χ4n) is 2.53. The number of carbonyl (C=O) groups is 2. The molecule has 1 aromatic carbocycles. The predicted octanol–water partition coefficient (Wildman–Crippen LogP) is 1.61. The molecule has 1 atom stereocenters. The van der Waals surface area contributed by atoms with E-state index >= 15 is 0 Å². The van der Waals surface area contributed by atoms with Crippen molar-refractivity contribution in [1.29, 1.82) is 0 Å². The zero-order valence-electron chi connectivity index (χ0n) is 12.0. The van der Waals surface area contributed by atoms with Crippen molar-refractivity contribution in [3.8, 4) is 0 Å².